The van der Waals surface area contributed by atoms with Crippen LogP contribution < -0.4 is 10.0 Å². The number of fused-ring (bicyclic) bond motifs is 2. The number of hydrogen-bond donors (Lipinski definition) is 3. The second kappa shape index (κ2) is 8.02. The predicted molar refractivity (Wildman–Crippen MR) is 120 cm³/mol. The van der Waals surface area contributed by atoms with Gasteiger partial charge in [0.15, 0.2) is 6.19 Å². The van der Waals surface area contributed by atoms with E-state index in [9.17, 15) is 13.7 Å². The van der Waals surface area contributed by atoms with Crippen LogP contribution in [0, 0.1) is 22.8 Å². The van der Waals surface area contributed by atoms with Gasteiger partial charge in [-0.05, 0) is 47.9 Å². The minimum Gasteiger partial charge on any atom is -0.346 e. The molecule has 0 saturated heterocycles. The van der Waals surface area contributed by atoms with Crippen molar-refractivity contribution in [1.29, 1.82) is 10.5 Å². The lowest BCUT2D eigenvalue weighted by molar-refractivity contribution is 0.518. The summed E-state index contributed by atoms with van der Waals surface area (Å²) in [5.41, 5.74) is 4.19. The molecule has 2 heterocycles. The topological polar surface area (TPSA) is 147 Å². The Morgan fingerprint density at radius 3 is 2.73 bits per heavy atom. The molecular weight excluding hydrogens is 438 g/mol. The lowest BCUT2D eigenvalue weighted by atomic mass is 10.0. The first-order chi connectivity index (χ1) is 16.0. The van der Waals surface area contributed by atoms with Crippen molar-refractivity contribution in [3.63, 3.8) is 0 Å². The number of nitriles is 2. The van der Waals surface area contributed by atoms with Gasteiger partial charge in [0.1, 0.15) is 12.0 Å². The molecule has 0 fully saturated rings. The van der Waals surface area contributed by atoms with Gasteiger partial charge in [0, 0.05) is 23.2 Å². The molecule has 1 aliphatic carbocycles. The van der Waals surface area contributed by atoms with Crippen molar-refractivity contribution in [1.82, 2.24) is 25.0 Å². The first-order valence-electron chi connectivity index (χ1n) is 10.1. The van der Waals surface area contributed by atoms with Crippen molar-refractivity contribution >= 4 is 21.1 Å². The molecule has 9 nitrogen and oxygen atoms in total. The van der Waals surface area contributed by atoms with Gasteiger partial charge in [0.2, 0.25) is 10.0 Å². The summed E-state index contributed by atoms with van der Waals surface area (Å²) >= 11 is 0. The average Bonchev–Trinajstić information content (AvgIpc) is 3.44. The smallest absolute Gasteiger partial charge is 0.241 e. The largest absolute Gasteiger partial charge is 0.346 e. The van der Waals surface area contributed by atoms with Crippen LogP contribution in [0.15, 0.2) is 66.0 Å². The SMILES string of the molecule is N#CNC1CC(NS(=O)(=O)c2cccc(C#N)c2)c2ccc(-c3ncnc4[nH]ccc34)cc21. The van der Waals surface area contributed by atoms with Gasteiger partial charge in [0.25, 0.3) is 0 Å². The molecule has 2 aromatic heterocycles. The summed E-state index contributed by atoms with van der Waals surface area (Å²) in [6, 6.07) is 14.5. The highest BCUT2D eigenvalue weighted by molar-refractivity contribution is 7.89. The molecule has 3 N–H and O–H groups in total. The van der Waals surface area contributed by atoms with Crippen LogP contribution in [-0.4, -0.2) is 23.4 Å². The van der Waals surface area contributed by atoms with Crippen LogP contribution in [0.2, 0.25) is 0 Å². The number of aromatic amines is 1. The highest BCUT2D eigenvalue weighted by Crippen LogP contribution is 2.41. The standard InChI is InChI=1S/C23H17N7O2S/c24-11-14-2-1-3-16(8-14)33(31,32)30-21-10-20(27-12-25)19-9-15(4-5-17(19)21)22-18-6-7-26-23(18)29-13-28-22/h1-9,13,20-21,27,30H,10H2,(H,26,28,29). The van der Waals surface area contributed by atoms with E-state index in [-0.39, 0.29) is 16.5 Å². The summed E-state index contributed by atoms with van der Waals surface area (Å²) in [6.07, 6.45) is 5.62. The number of H-pyrrole nitrogens is 1. The zero-order chi connectivity index (χ0) is 23.0. The Morgan fingerprint density at radius 1 is 1.03 bits per heavy atom. The number of nitrogens with zero attached hydrogens (tertiary/aromatic N) is 4. The molecule has 0 aliphatic heterocycles. The molecule has 2 aromatic carbocycles. The fraction of sp³-hybridized carbons (Fsp3) is 0.130. The summed E-state index contributed by atoms with van der Waals surface area (Å²) < 4.78 is 28.8. The maximum Gasteiger partial charge on any atom is 0.241 e. The molecule has 2 unspecified atom stereocenters. The maximum atomic E-state index is 13.0. The van der Waals surface area contributed by atoms with E-state index in [2.05, 4.69) is 25.0 Å². The minimum atomic E-state index is -3.88. The molecule has 1 aliphatic rings. The minimum absolute atomic E-state index is 0.0206. The molecule has 0 amide bonds. The lowest BCUT2D eigenvalue weighted by Crippen LogP contribution is -2.28. The van der Waals surface area contributed by atoms with Crippen molar-refractivity contribution in [2.24, 2.45) is 0 Å². The van der Waals surface area contributed by atoms with Crippen LogP contribution >= 0.6 is 0 Å². The van der Waals surface area contributed by atoms with Gasteiger partial charge >= 0.3 is 0 Å². The Kier molecular flexibility index (Phi) is 5.02. The molecule has 5 rings (SSSR count). The highest BCUT2D eigenvalue weighted by atomic mass is 32.2. The second-order valence-corrected chi connectivity index (χ2v) is 9.38. The number of aromatic nitrogens is 3. The van der Waals surface area contributed by atoms with Gasteiger partial charge in [-0.25, -0.2) is 23.1 Å². The zero-order valence-electron chi connectivity index (χ0n) is 17.1. The van der Waals surface area contributed by atoms with E-state index >= 15 is 0 Å². The number of hydrogen-bond acceptors (Lipinski definition) is 7. The van der Waals surface area contributed by atoms with E-state index in [1.807, 2.05) is 36.5 Å². The molecule has 4 aromatic rings. The van der Waals surface area contributed by atoms with E-state index in [0.717, 1.165) is 33.4 Å². The number of nitrogens with one attached hydrogen (secondary N) is 3. The monoisotopic (exact) mass is 455 g/mol. The highest BCUT2D eigenvalue weighted by Gasteiger charge is 2.34. The Bertz CT molecular complexity index is 1560. The van der Waals surface area contributed by atoms with Crippen LogP contribution in [0.4, 0.5) is 0 Å². The lowest BCUT2D eigenvalue weighted by Gasteiger charge is -2.15. The normalized spacial score (nSPS) is 17.3. The third-order valence-corrected chi connectivity index (χ3v) is 7.22. The predicted octanol–water partition coefficient (Wildman–Crippen LogP) is 3.03. The molecule has 0 radical (unpaired) electrons. The van der Waals surface area contributed by atoms with Crippen molar-refractivity contribution < 1.29 is 8.42 Å². The van der Waals surface area contributed by atoms with Crippen LogP contribution in [0.5, 0.6) is 0 Å². The third-order valence-electron chi connectivity index (χ3n) is 5.75. The van der Waals surface area contributed by atoms with Gasteiger partial charge in [-0.15, -0.1) is 0 Å². The molecular formula is C23H17N7O2S. The molecule has 0 spiro atoms. The molecule has 0 saturated carbocycles. The van der Waals surface area contributed by atoms with Gasteiger partial charge in [-0.1, -0.05) is 18.2 Å². The van der Waals surface area contributed by atoms with Crippen LogP contribution in [0.1, 0.15) is 35.2 Å². The number of rotatable bonds is 5. The number of benzene rings is 2. The van der Waals surface area contributed by atoms with E-state index in [4.69, 9.17) is 5.26 Å². The average molecular weight is 456 g/mol. The Morgan fingerprint density at radius 2 is 1.91 bits per heavy atom. The first kappa shape index (κ1) is 20.6. The Labute approximate surface area is 189 Å². The molecule has 2 atom stereocenters. The quantitative estimate of drug-likeness (QED) is 0.309. The van der Waals surface area contributed by atoms with Crippen molar-refractivity contribution in [2.45, 2.75) is 23.4 Å². The van der Waals surface area contributed by atoms with Gasteiger partial charge < -0.3 is 10.3 Å². The summed E-state index contributed by atoms with van der Waals surface area (Å²) in [4.78, 5) is 11.7. The second-order valence-electron chi connectivity index (χ2n) is 7.66. The van der Waals surface area contributed by atoms with Gasteiger partial charge in [-0.2, -0.15) is 10.5 Å². The van der Waals surface area contributed by atoms with E-state index in [0.29, 0.717) is 6.42 Å². The van der Waals surface area contributed by atoms with Crippen molar-refractivity contribution in [3.05, 3.63) is 77.7 Å². The molecule has 0 bridgehead atoms. The van der Waals surface area contributed by atoms with E-state index in [1.54, 1.807) is 12.3 Å². The molecule has 162 valence electrons. The Hall–Kier alpha value is -4.25. The van der Waals surface area contributed by atoms with Crippen LogP contribution in [0.3, 0.4) is 0 Å². The van der Waals surface area contributed by atoms with Crippen molar-refractivity contribution in [3.8, 4) is 23.5 Å². The maximum absolute atomic E-state index is 13.0. The summed E-state index contributed by atoms with van der Waals surface area (Å²) in [6.45, 7) is 0. The Balaban J connectivity index is 1.53. The van der Waals surface area contributed by atoms with E-state index in [1.165, 1.54) is 24.5 Å². The zero-order valence-corrected chi connectivity index (χ0v) is 18.0. The fourth-order valence-corrected chi connectivity index (χ4v) is 5.52. The molecule has 33 heavy (non-hydrogen) atoms. The van der Waals surface area contributed by atoms with Crippen LogP contribution in [-0.2, 0) is 10.0 Å². The first-order valence-corrected chi connectivity index (χ1v) is 11.6. The molecule has 10 heteroatoms. The van der Waals surface area contributed by atoms with E-state index < -0.39 is 16.1 Å². The summed E-state index contributed by atoms with van der Waals surface area (Å²) in [5, 5.41) is 22.0. The van der Waals surface area contributed by atoms with Crippen molar-refractivity contribution in [2.75, 3.05) is 0 Å². The fourth-order valence-electron chi connectivity index (χ4n) is 4.25. The van der Waals surface area contributed by atoms with Gasteiger partial charge in [-0.3, -0.25) is 0 Å². The van der Waals surface area contributed by atoms with Crippen LogP contribution in [0.25, 0.3) is 22.3 Å². The summed E-state index contributed by atoms with van der Waals surface area (Å²) in [5.74, 6) is 0. The summed E-state index contributed by atoms with van der Waals surface area (Å²) in [7, 11) is -3.88. The number of sulfonamides is 1. The van der Waals surface area contributed by atoms with Gasteiger partial charge in [0.05, 0.1) is 28.3 Å². The third kappa shape index (κ3) is 3.68.